The third kappa shape index (κ3) is 3.46. The fourth-order valence-electron chi connectivity index (χ4n) is 4.01. The minimum atomic E-state index is -2.50. The summed E-state index contributed by atoms with van der Waals surface area (Å²) >= 11 is 0. The van der Waals surface area contributed by atoms with E-state index in [0.717, 1.165) is 5.57 Å². The zero-order valence-electron chi connectivity index (χ0n) is 16.2. The number of ketones is 1. The number of Topliss-reactive ketones (excluding diaryl/α,β-unsaturated/α-hetero) is 1. The van der Waals surface area contributed by atoms with Crippen molar-refractivity contribution in [2.75, 3.05) is 6.61 Å². The highest BCUT2D eigenvalue weighted by Crippen LogP contribution is 2.37. The molecule has 2 nitrogen and oxygen atoms in total. The number of hydrogen-bond acceptors (Lipinski definition) is 2. The number of rotatable bonds is 5. The van der Waals surface area contributed by atoms with Gasteiger partial charge in [-0.3, -0.25) is 4.79 Å². The molecule has 0 N–H and O–H groups in total. The van der Waals surface area contributed by atoms with Crippen molar-refractivity contribution in [3.05, 3.63) is 72.3 Å². The Bertz CT molecular complexity index is 748. The minimum absolute atomic E-state index is 0.0307. The highest BCUT2D eigenvalue weighted by Gasteiger charge is 2.50. The molecule has 1 aliphatic rings. The standard InChI is InChI=1S/C23H28O2Si/c1-18-15-19(16-22(18)24)17-25-26(23(2,3)4,20-11-7-5-8-12-20)21-13-9-6-10-14-21/h5-15,19H,16-17H2,1-4H3/t19-/m1/s1. The van der Waals surface area contributed by atoms with Crippen molar-refractivity contribution in [2.45, 2.75) is 39.2 Å². The first-order valence-electron chi connectivity index (χ1n) is 9.31. The lowest BCUT2D eigenvalue weighted by molar-refractivity contribution is -0.115. The molecule has 2 aromatic carbocycles. The van der Waals surface area contributed by atoms with Crippen molar-refractivity contribution >= 4 is 24.5 Å². The Balaban J connectivity index is 2.05. The highest BCUT2D eigenvalue weighted by molar-refractivity contribution is 6.99. The van der Waals surface area contributed by atoms with E-state index in [1.165, 1.54) is 10.4 Å². The summed E-state index contributed by atoms with van der Waals surface area (Å²) in [6.07, 6.45) is 2.66. The van der Waals surface area contributed by atoms with Crippen LogP contribution >= 0.6 is 0 Å². The van der Waals surface area contributed by atoms with Crippen molar-refractivity contribution in [1.29, 1.82) is 0 Å². The van der Waals surface area contributed by atoms with Gasteiger partial charge in [0, 0.05) is 18.9 Å². The molecule has 0 saturated heterocycles. The lowest BCUT2D eigenvalue weighted by Crippen LogP contribution is -2.66. The summed E-state index contributed by atoms with van der Waals surface area (Å²) in [5, 5.41) is 2.53. The molecule has 2 aromatic rings. The first kappa shape index (κ1) is 18.8. The molecule has 3 rings (SSSR count). The number of carbonyl (C=O) groups is 1. The Kier molecular flexibility index (Phi) is 5.31. The van der Waals surface area contributed by atoms with E-state index in [1.54, 1.807) is 0 Å². The quantitative estimate of drug-likeness (QED) is 0.747. The van der Waals surface area contributed by atoms with Gasteiger partial charge in [-0.1, -0.05) is 87.5 Å². The zero-order chi connectivity index (χ0) is 18.8. The number of hydrogen-bond donors (Lipinski definition) is 0. The van der Waals surface area contributed by atoms with Crippen LogP contribution in [-0.4, -0.2) is 20.7 Å². The van der Waals surface area contributed by atoms with Gasteiger partial charge in [0.15, 0.2) is 5.78 Å². The molecule has 136 valence electrons. The lowest BCUT2D eigenvalue weighted by Gasteiger charge is -2.43. The first-order valence-corrected chi connectivity index (χ1v) is 11.2. The fraction of sp³-hybridized carbons (Fsp3) is 0.348. The molecule has 0 aliphatic heterocycles. The molecule has 0 fully saturated rings. The van der Waals surface area contributed by atoms with E-state index in [-0.39, 0.29) is 16.7 Å². The van der Waals surface area contributed by atoms with E-state index in [9.17, 15) is 4.79 Å². The van der Waals surface area contributed by atoms with Crippen molar-refractivity contribution < 1.29 is 9.22 Å². The van der Waals surface area contributed by atoms with E-state index in [0.29, 0.717) is 13.0 Å². The normalized spacial score (nSPS) is 18.1. The van der Waals surface area contributed by atoms with Crippen LogP contribution in [-0.2, 0) is 9.22 Å². The fourth-order valence-corrected chi connectivity index (χ4v) is 8.62. The molecule has 0 heterocycles. The molecule has 1 aliphatic carbocycles. The Morgan fingerprint density at radius 1 is 0.962 bits per heavy atom. The van der Waals surface area contributed by atoms with Gasteiger partial charge in [0.2, 0.25) is 0 Å². The Morgan fingerprint density at radius 3 is 1.85 bits per heavy atom. The smallest absolute Gasteiger partial charge is 0.261 e. The van der Waals surface area contributed by atoms with Crippen LogP contribution in [0.2, 0.25) is 5.04 Å². The maximum atomic E-state index is 11.9. The van der Waals surface area contributed by atoms with E-state index in [4.69, 9.17) is 4.43 Å². The molecular weight excluding hydrogens is 336 g/mol. The summed E-state index contributed by atoms with van der Waals surface area (Å²) in [4.78, 5) is 11.9. The third-order valence-electron chi connectivity index (χ3n) is 5.30. The SMILES string of the molecule is CC1=C[C@@H](CO[Si](c2ccccc2)(c2ccccc2)C(C)(C)C)CC1=O. The monoisotopic (exact) mass is 364 g/mol. The van der Waals surface area contributed by atoms with Gasteiger partial charge in [-0.25, -0.2) is 0 Å². The highest BCUT2D eigenvalue weighted by atomic mass is 28.4. The predicted octanol–water partition coefficient (Wildman–Crippen LogP) is 4.10. The molecule has 3 heteroatoms. The van der Waals surface area contributed by atoms with Gasteiger partial charge in [0.1, 0.15) is 0 Å². The molecule has 0 spiro atoms. The Hall–Kier alpha value is -1.97. The van der Waals surface area contributed by atoms with Gasteiger partial charge < -0.3 is 4.43 Å². The topological polar surface area (TPSA) is 26.3 Å². The number of carbonyl (C=O) groups excluding carboxylic acids is 1. The van der Waals surface area contributed by atoms with E-state index in [2.05, 4.69) is 87.5 Å². The second-order valence-electron chi connectivity index (χ2n) is 8.21. The number of benzene rings is 2. The first-order chi connectivity index (χ1) is 12.3. The summed E-state index contributed by atoms with van der Waals surface area (Å²) < 4.78 is 6.89. The average Bonchev–Trinajstić information content (AvgIpc) is 2.94. The predicted molar refractivity (Wildman–Crippen MR) is 110 cm³/mol. The van der Waals surface area contributed by atoms with E-state index in [1.807, 2.05) is 6.92 Å². The van der Waals surface area contributed by atoms with Gasteiger partial charge in [0.05, 0.1) is 0 Å². The van der Waals surface area contributed by atoms with Crippen molar-refractivity contribution in [2.24, 2.45) is 5.92 Å². The molecular formula is C23H28O2Si. The van der Waals surface area contributed by atoms with Crippen LogP contribution in [0.5, 0.6) is 0 Å². The largest absolute Gasteiger partial charge is 0.407 e. The summed E-state index contributed by atoms with van der Waals surface area (Å²) in [7, 11) is -2.50. The van der Waals surface area contributed by atoms with Gasteiger partial charge in [-0.05, 0) is 27.9 Å². The van der Waals surface area contributed by atoms with Gasteiger partial charge >= 0.3 is 0 Å². The van der Waals surface area contributed by atoms with Crippen LogP contribution in [0.3, 0.4) is 0 Å². The molecule has 0 amide bonds. The summed E-state index contributed by atoms with van der Waals surface area (Å²) in [6, 6.07) is 21.3. The van der Waals surface area contributed by atoms with Crippen LogP contribution < -0.4 is 10.4 Å². The van der Waals surface area contributed by atoms with Crippen LogP contribution in [0, 0.1) is 5.92 Å². The Morgan fingerprint density at radius 2 is 1.46 bits per heavy atom. The summed E-state index contributed by atoms with van der Waals surface area (Å²) in [6.45, 7) is 9.34. The third-order valence-corrected chi connectivity index (χ3v) is 10.3. The van der Waals surface area contributed by atoms with Crippen LogP contribution in [0.4, 0.5) is 0 Å². The zero-order valence-corrected chi connectivity index (χ0v) is 17.2. The van der Waals surface area contributed by atoms with Gasteiger partial charge in [0.25, 0.3) is 8.32 Å². The van der Waals surface area contributed by atoms with Crippen molar-refractivity contribution in [3.8, 4) is 0 Å². The van der Waals surface area contributed by atoms with Crippen LogP contribution in [0.15, 0.2) is 72.3 Å². The summed E-state index contributed by atoms with van der Waals surface area (Å²) in [5.74, 6) is 0.435. The second kappa shape index (κ2) is 7.34. The van der Waals surface area contributed by atoms with Gasteiger partial charge in [-0.2, -0.15) is 0 Å². The molecule has 26 heavy (non-hydrogen) atoms. The second-order valence-corrected chi connectivity index (χ2v) is 12.5. The number of allylic oxidation sites excluding steroid dienone is 1. The summed E-state index contributed by atoms with van der Waals surface area (Å²) in [5.41, 5.74) is 0.876. The van der Waals surface area contributed by atoms with Crippen LogP contribution in [0.25, 0.3) is 0 Å². The molecule has 1 atom stereocenters. The molecule has 0 unspecified atom stereocenters. The maximum Gasteiger partial charge on any atom is 0.261 e. The minimum Gasteiger partial charge on any atom is -0.407 e. The molecule has 0 aromatic heterocycles. The lowest BCUT2D eigenvalue weighted by atomic mass is 10.1. The van der Waals surface area contributed by atoms with Gasteiger partial charge in [-0.15, -0.1) is 0 Å². The molecule has 0 bridgehead atoms. The maximum absolute atomic E-state index is 11.9. The molecule has 0 saturated carbocycles. The average molecular weight is 365 g/mol. The van der Waals surface area contributed by atoms with E-state index >= 15 is 0 Å². The van der Waals surface area contributed by atoms with Crippen molar-refractivity contribution in [1.82, 2.24) is 0 Å². The van der Waals surface area contributed by atoms with Crippen molar-refractivity contribution in [3.63, 3.8) is 0 Å². The Labute approximate surface area is 158 Å². The van der Waals surface area contributed by atoms with E-state index < -0.39 is 8.32 Å². The molecule has 0 radical (unpaired) electrons. The van der Waals surface area contributed by atoms with Crippen LogP contribution in [0.1, 0.15) is 34.1 Å².